The van der Waals surface area contributed by atoms with Crippen LogP contribution in [0, 0.1) is 0 Å². The van der Waals surface area contributed by atoms with E-state index in [1.165, 1.54) is 4.68 Å². The maximum absolute atomic E-state index is 12.2. The van der Waals surface area contributed by atoms with E-state index in [0.29, 0.717) is 17.8 Å². The highest BCUT2D eigenvalue weighted by molar-refractivity contribution is 5.93. The molecule has 2 heterocycles. The monoisotopic (exact) mass is 349 g/mol. The second kappa shape index (κ2) is 7.94. The van der Waals surface area contributed by atoms with E-state index < -0.39 is 5.91 Å². The number of benzene rings is 1. The summed E-state index contributed by atoms with van der Waals surface area (Å²) in [6, 6.07) is 9.10. The minimum Gasteiger partial charge on any atom is -0.364 e. The summed E-state index contributed by atoms with van der Waals surface area (Å²) in [4.78, 5) is 23.4. The minimum absolute atomic E-state index is 0. The number of carbonyl (C=O) groups excluding carboxylic acids is 2. The van der Waals surface area contributed by atoms with Crippen molar-refractivity contribution < 1.29 is 9.59 Å². The zero-order valence-electron chi connectivity index (χ0n) is 13.1. The molecule has 2 amide bonds. The van der Waals surface area contributed by atoms with E-state index in [0.717, 1.165) is 19.4 Å². The largest absolute Gasteiger partial charge is 0.364 e. The summed E-state index contributed by atoms with van der Waals surface area (Å²) in [5, 5.41) is 10.4. The molecule has 2 aromatic rings. The zero-order chi connectivity index (χ0) is 16.2. The van der Waals surface area contributed by atoms with Crippen molar-refractivity contribution in [3.05, 3.63) is 42.2 Å². The van der Waals surface area contributed by atoms with Crippen LogP contribution in [0.3, 0.4) is 0 Å². The molecule has 1 saturated heterocycles. The summed E-state index contributed by atoms with van der Waals surface area (Å²) in [5.41, 5.74) is 6.74. The van der Waals surface area contributed by atoms with Crippen LogP contribution in [0.1, 0.15) is 29.8 Å². The molecule has 8 heteroatoms. The lowest BCUT2D eigenvalue weighted by Gasteiger charge is -2.13. The first-order valence-corrected chi connectivity index (χ1v) is 7.61. The summed E-state index contributed by atoms with van der Waals surface area (Å²) in [6.07, 6.45) is 4.22. The van der Waals surface area contributed by atoms with Gasteiger partial charge < -0.3 is 16.4 Å². The molecule has 0 radical (unpaired) electrons. The molecule has 1 fully saturated rings. The number of nitrogens with two attached hydrogens (primary N) is 1. The first-order chi connectivity index (χ1) is 11.1. The van der Waals surface area contributed by atoms with Crippen LogP contribution < -0.4 is 16.4 Å². The van der Waals surface area contributed by atoms with Crippen molar-refractivity contribution in [2.75, 3.05) is 11.9 Å². The number of primary amides is 1. The van der Waals surface area contributed by atoms with Gasteiger partial charge in [-0.1, -0.05) is 12.1 Å². The van der Waals surface area contributed by atoms with Gasteiger partial charge in [0.2, 0.25) is 5.91 Å². The summed E-state index contributed by atoms with van der Waals surface area (Å²) in [7, 11) is 0. The molecule has 1 aliphatic heterocycles. The Kier molecular flexibility index (Phi) is 5.94. The smallest absolute Gasteiger partial charge is 0.269 e. The molecule has 0 spiro atoms. The first-order valence-electron chi connectivity index (χ1n) is 7.61. The van der Waals surface area contributed by atoms with Crippen LogP contribution >= 0.6 is 12.4 Å². The second-order valence-electron chi connectivity index (χ2n) is 5.57. The second-order valence-corrected chi connectivity index (χ2v) is 5.57. The van der Waals surface area contributed by atoms with Gasteiger partial charge in [0.05, 0.1) is 11.4 Å². The van der Waals surface area contributed by atoms with Gasteiger partial charge in [0.15, 0.2) is 0 Å². The molecule has 0 saturated carbocycles. The quantitative estimate of drug-likeness (QED) is 0.760. The number of rotatable bonds is 5. The van der Waals surface area contributed by atoms with Crippen molar-refractivity contribution in [2.45, 2.75) is 25.3 Å². The Morgan fingerprint density at radius 3 is 2.79 bits per heavy atom. The van der Waals surface area contributed by atoms with Gasteiger partial charge in [0.25, 0.3) is 5.91 Å². The van der Waals surface area contributed by atoms with Gasteiger partial charge in [-0.3, -0.25) is 9.59 Å². The lowest BCUT2D eigenvalue weighted by atomic mass is 10.1. The Hall–Kier alpha value is -2.38. The molecule has 4 N–H and O–H groups in total. The third-order valence-corrected chi connectivity index (χ3v) is 3.86. The minimum atomic E-state index is -0.586. The third kappa shape index (κ3) is 4.12. The number of para-hydroxylation sites is 2. The Bertz CT molecular complexity index is 725. The maximum Gasteiger partial charge on any atom is 0.269 e. The fourth-order valence-electron chi connectivity index (χ4n) is 2.72. The summed E-state index contributed by atoms with van der Waals surface area (Å²) >= 11 is 0. The van der Waals surface area contributed by atoms with Crippen LogP contribution in [0.2, 0.25) is 0 Å². The number of amides is 2. The number of anilines is 1. The van der Waals surface area contributed by atoms with Crippen molar-refractivity contribution in [3.8, 4) is 5.69 Å². The van der Waals surface area contributed by atoms with E-state index in [1.54, 1.807) is 18.3 Å². The highest BCUT2D eigenvalue weighted by Crippen LogP contribution is 2.20. The average Bonchev–Trinajstić information content (AvgIpc) is 3.19. The predicted octanol–water partition coefficient (Wildman–Crippen LogP) is 1.47. The SMILES string of the molecule is Cl.NC(=O)c1ccn(-c2ccccc2NC(=O)CC2CCCN2)n1. The molecule has 1 aliphatic rings. The highest BCUT2D eigenvalue weighted by atomic mass is 35.5. The zero-order valence-corrected chi connectivity index (χ0v) is 13.9. The van der Waals surface area contributed by atoms with Gasteiger partial charge >= 0.3 is 0 Å². The van der Waals surface area contributed by atoms with Gasteiger partial charge in [0.1, 0.15) is 5.69 Å². The topological polar surface area (TPSA) is 102 Å². The Morgan fingerprint density at radius 2 is 2.12 bits per heavy atom. The highest BCUT2D eigenvalue weighted by Gasteiger charge is 2.18. The van der Waals surface area contributed by atoms with E-state index in [2.05, 4.69) is 15.7 Å². The van der Waals surface area contributed by atoms with E-state index in [-0.39, 0.29) is 30.0 Å². The van der Waals surface area contributed by atoms with E-state index in [4.69, 9.17) is 5.73 Å². The van der Waals surface area contributed by atoms with Gasteiger partial charge in [-0.05, 0) is 37.6 Å². The van der Waals surface area contributed by atoms with E-state index >= 15 is 0 Å². The Morgan fingerprint density at radius 1 is 1.33 bits per heavy atom. The fourth-order valence-corrected chi connectivity index (χ4v) is 2.72. The number of nitrogens with zero attached hydrogens (tertiary/aromatic N) is 2. The molecular weight excluding hydrogens is 330 g/mol. The first kappa shape index (κ1) is 18.0. The van der Waals surface area contributed by atoms with Gasteiger partial charge in [-0.15, -0.1) is 12.4 Å². The van der Waals surface area contributed by atoms with Gasteiger partial charge in [-0.2, -0.15) is 5.10 Å². The van der Waals surface area contributed by atoms with Crippen LogP contribution in [-0.4, -0.2) is 34.2 Å². The maximum atomic E-state index is 12.2. The fraction of sp³-hybridized carbons (Fsp3) is 0.312. The molecule has 128 valence electrons. The van der Waals surface area contributed by atoms with Crippen molar-refractivity contribution >= 4 is 29.9 Å². The molecule has 1 unspecified atom stereocenters. The van der Waals surface area contributed by atoms with E-state index in [9.17, 15) is 9.59 Å². The normalized spacial score (nSPS) is 16.4. The van der Waals surface area contributed by atoms with Crippen molar-refractivity contribution in [1.82, 2.24) is 15.1 Å². The number of nitrogens with one attached hydrogen (secondary N) is 2. The van der Waals surface area contributed by atoms with Crippen molar-refractivity contribution in [1.29, 1.82) is 0 Å². The van der Waals surface area contributed by atoms with Crippen LogP contribution in [0.25, 0.3) is 5.69 Å². The lowest BCUT2D eigenvalue weighted by Crippen LogP contribution is -2.27. The van der Waals surface area contributed by atoms with Crippen molar-refractivity contribution in [3.63, 3.8) is 0 Å². The molecule has 7 nitrogen and oxygen atoms in total. The van der Waals surface area contributed by atoms with E-state index in [1.807, 2.05) is 18.2 Å². The van der Waals surface area contributed by atoms with Gasteiger partial charge in [0, 0.05) is 18.7 Å². The number of aromatic nitrogens is 2. The molecule has 1 atom stereocenters. The number of hydrogen-bond acceptors (Lipinski definition) is 4. The number of halogens is 1. The van der Waals surface area contributed by atoms with Crippen LogP contribution in [0.5, 0.6) is 0 Å². The lowest BCUT2D eigenvalue weighted by molar-refractivity contribution is -0.116. The van der Waals surface area contributed by atoms with Crippen LogP contribution in [-0.2, 0) is 4.79 Å². The number of carbonyl (C=O) groups is 2. The summed E-state index contributed by atoms with van der Waals surface area (Å²) in [6.45, 7) is 0.970. The molecule has 0 aliphatic carbocycles. The molecule has 1 aromatic carbocycles. The van der Waals surface area contributed by atoms with Crippen molar-refractivity contribution in [2.24, 2.45) is 5.73 Å². The standard InChI is InChI=1S/C16H19N5O2.ClH/c17-16(23)13-7-9-21(20-13)14-6-2-1-5-12(14)19-15(22)10-11-4-3-8-18-11;/h1-2,5-7,9,11,18H,3-4,8,10H2,(H2,17,23)(H,19,22);1H. The Balaban J connectivity index is 0.00000208. The summed E-state index contributed by atoms with van der Waals surface area (Å²) in [5.74, 6) is -0.628. The Labute approximate surface area is 146 Å². The molecule has 0 bridgehead atoms. The average molecular weight is 350 g/mol. The molecule has 3 rings (SSSR count). The molecule has 1 aromatic heterocycles. The third-order valence-electron chi connectivity index (χ3n) is 3.86. The molecular formula is C16H20ClN5O2. The number of hydrogen-bond donors (Lipinski definition) is 3. The van der Waals surface area contributed by atoms with Crippen LogP contribution in [0.4, 0.5) is 5.69 Å². The predicted molar refractivity (Wildman–Crippen MR) is 93.6 cm³/mol. The van der Waals surface area contributed by atoms with Gasteiger partial charge in [-0.25, -0.2) is 4.68 Å². The van der Waals surface area contributed by atoms with Crippen LogP contribution in [0.15, 0.2) is 36.5 Å². The summed E-state index contributed by atoms with van der Waals surface area (Å²) < 4.78 is 1.53. The molecule has 24 heavy (non-hydrogen) atoms.